The Morgan fingerprint density at radius 3 is 2.79 bits per heavy atom. The normalized spacial score (nSPS) is 10.5. The van der Waals surface area contributed by atoms with Crippen LogP contribution in [0.4, 0.5) is 0 Å². The van der Waals surface area contributed by atoms with Crippen molar-refractivity contribution < 1.29 is 9.84 Å². The van der Waals surface area contributed by atoms with E-state index >= 15 is 0 Å². The molecule has 0 aromatic carbocycles. The minimum Gasteiger partial charge on any atom is -0.477 e. The van der Waals surface area contributed by atoms with Gasteiger partial charge in [0.1, 0.15) is 0 Å². The van der Waals surface area contributed by atoms with E-state index in [1.165, 1.54) is 0 Å². The first-order chi connectivity index (χ1) is 9.20. The molecule has 0 saturated carbocycles. The molecule has 0 unspecified atom stereocenters. The third kappa shape index (κ3) is 3.51. The highest BCUT2D eigenvalue weighted by atomic mass is 16.5. The maximum atomic E-state index is 9.37. The van der Waals surface area contributed by atoms with Gasteiger partial charge < -0.3 is 9.84 Å². The van der Waals surface area contributed by atoms with E-state index in [1.54, 1.807) is 6.20 Å². The minimum absolute atomic E-state index is 0.0575. The van der Waals surface area contributed by atoms with E-state index in [0.29, 0.717) is 12.5 Å². The summed E-state index contributed by atoms with van der Waals surface area (Å²) in [6, 6.07) is 7.75. The van der Waals surface area contributed by atoms with E-state index in [9.17, 15) is 5.11 Å². The number of aromatic nitrogens is 2. The molecule has 0 amide bonds. The lowest BCUT2D eigenvalue weighted by atomic mass is 10.1. The van der Waals surface area contributed by atoms with Crippen LogP contribution < -0.4 is 4.74 Å². The van der Waals surface area contributed by atoms with Gasteiger partial charge in [0, 0.05) is 29.6 Å². The number of ether oxygens (including phenoxy) is 1. The van der Waals surface area contributed by atoms with Gasteiger partial charge in [0.15, 0.2) is 0 Å². The second-order valence-corrected chi connectivity index (χ2v) is 4.44. The molecule has 2 aromatic heterocycles. The molecular formula is C15H18N2O2. The van der Waals surface area contributed by atoms with Gasteiger partial charge in [-0.05, 0) is 37.6 Å². The Morgan fingerprint density at radius 1 is 1.26 bits per heavy atom. The summed E-state index contributed by atoms with van der Waals surface area (Å²) >= 11 is 0. The van der Waals surface area contributed by atoms with Crippen LogP contribution in [-0.4, -0.2) is 21.7 Å². The highest BCUT2D eigenvalue weighted by Crippen LogP contribution is 2.20. The molecule has 0 saturated heterocycles. The fourth-order valence-corrected chi connectivity index (χ4v) is 1.94. The second-order valence-electron chi connectivity index (χ2n) is 4.44. The lowest BCUT2D eigenvalue weighted by Gasteiger charge is -2.12. The standard InChI is InChI=1S/C15H18N2O2/c1-11-9-12(2)17-15(14(11)10-18)19-8-6-13-5-3-4-7-16-13/h3-5,7,9,18H,6,8,10H2,1-2H3. The van der Waals surface area contributed by atoms with Crippen LogP contribution in [-0.2, 0) is 13.0 Å². The fourth-order valence-electron chi connectivity index (χ4n) is 1.94. The molecule has 0 aliphatic rings. The molecule has 0 radical (unpaired) electrons. The molecule has 100 valence electrons. The second kappa shape index (κ2) is 6.29. The maximum absolute atomic E-state index is 9.37. The molecule has 4 heteroatoms. The summed E-state index contributed by atoms with van der Waals surface area (Å²) in [5, 5.41) is 9.37. The Hall–Kier alpha value is -1.94. The summed E-state index contributed by atoms with van der Waals surface area (Å²) in [5.41, 5.74) is 3.63. The van der Waals surface area contributed by atoms with Crippen LogP contribution in [0.1, 0.15) is 22.5 Å². The van der Waals surface area contributed by atoms with E-state index in [2.05, 4.69) is 9.97 Å². The number of rotatable bonds is 5. The van der Waals surface area contributed by atoms with Crippen molar-refractivity contribution in [1.82, 2.24) is 9.97 Å². The van der Waals surface area contributed by atoms with E-state index in [0.717, 1.165) is 28.9 Å². The number of pyridine rings is 2. The smallest absolute Gasteiger partial charge is 0.219 e. The third-order valence-corrected chi connectivity index (χ3v) is 2.92. The summed E-state index contributed by atoms with van der Waals surface area (Å²) in [6.07, 6.45) is 2.49. The highest BCUT2D eigenvalue weighted by molar-refractivity contribution is 5.35. The zero-order chi connectivity index (χ0) is 13.7. The lowest BCUT2D eigenvalue weighted by molar-refractivity contribution is 0.257. The number of hydrogen-bond acceptors (Lipinski definition) is 4. The van der Waals surface area contributed by atoms with Gasteiger partial charge in [-0.3, -0.25) is 4.98 Å². The number of aliphatic hydroxyl groups excluding tert-OH is 1. The van der Waals surface area contributed by atoms with Gasteiger partial charge in [-0.2, -0.15) is 0 Å². The molecule has 2 aromatic rings. The molecule has 0 aliphatic carbocycles. The van der Waals surface area contributed by atoms with Crippen LogP contribution in [0.2, 0.25) is 0 Å². The molecule has 2 rings (SSSR count). The first-order valence-corrected chi connectivity index (χ1v) is 6.31. The summed E-state index contributed by atoms with van der Waals surface area (Å²) in [6.45, 7) is 4.31. The molecule has 4 nitrogen and oxygen atoms in total. The number of nitrogens with zero attached hydrogens (tertiary/aromatic N) is 2. The van der Waals surface area contributed by atoms with Gasteiger partial charge in [0.05, 0.1) is 13.2 Å². The first-order valence-electron chi connectivity index (χ1n) is 6.31. The number of aliphatic hydroxyl groups is 1. The van der Waals surface area contributed by atoms with Gasteiger partial charge in [-0.25, -0.2) is 4.98 Å². The van der Waals surface area contributed by atoms with Crippen molar-refractivity contribution in [1.29, 1.82) is 0 Å². The molecule has 19 heavy (non-hydrogen) atoms. The molecule has 0 fully saturated rings. The van der Waals surface area contributed by atoms with E-state index in [4.69, 9.17) is 4.74 Å². The van der Waals surface area contributed by atoms with Crippen LogP contribution in [0, 0.1) is 13.8 Å². The van der Waals surface area contributed by atoms with Crippen LogP contribution in [0.5, 0.6) is 5.88 Å². The minimum atomic E-state index is -0.0575. The predicted octanol–water partition coefficient (Wildman–Crippen LogP) is 2.21. The number of hydrogen-bond donors (Lipinski definition) is 1. The molecule has 0 atom stereocenters. The average molecular weight is 258 g/mol. The Kier molecular flexibility index (Phi) is 4.47. The van der Waals surface area contributed by atoms with Crippen LogP contribution in [0.25, 0.3) is 0 Å². The molecule has 2 heterocycles. The van der Waals surface area contributed by atoms with E-state index in [-0.39, 0.29) is 6.61 Å². The topological polar surface area (TPSA) is 55.2 Å². The Labute approximate surface area is 113 Å². The summed E-state index contributed by atoms with van der Waals surface area (Å²) in [5.74, 6) is 0.524. The van der Waals surface area contributed by atoms with Gasteiger partial charge in [-0.15, -0.1) is 0 Å². The van der Waals surface area contributed by atoms with Crippen LogP contribution in [0.15, 0.2) is 30.5 Å². The summed E-state index contributed by atoms with van der Waals surface area (Å²) in [7, 11) is 0. The van der Waals surface area contributed by atoms with Crippen molar-refractivity contribution in [2.45, 2.75) is 26.9 Å². The van der Waals surface area contributed by atoms with Crippen LogP contribution in [0.3, 0.4) is 0 Å². The quantitative estimate of drug-likeness (QED) is 0.893. The van der Waals surface area contributed by atoms with Crippen molar-refractivity contribution in [2.75, 3.05) is 6.61 Å². The summed E-state index contributed by atoms with van der Waals surface area (Å²) < 4.78 is 5.68. The predicted molar refractivity (Wildman–Crippen MR) is 73.1 cm³/mol. The number of aryl methyl sites for hydroxylation is 2. The van der Waals surface area contributed by atoms with E-state index in [1.807, 2.05) is 38.1 Å². The van der Waals surface area contributed by atoms with Gasteiger partial charge in [0.25, 0.3) is 0 Å². The molecule has 0 spiro atoms. The van der Waals surface area contributed by atoms with Crippen molar-refractivity contribution in [3.8, 4) is 5.88 Å². The Bertz CT molecular complexity index is 541. The van der Waals surface area contributed by atoms with Crippen molar-refractivity contribution in [3.05, 3.63) is 53.0 Å². The molecule has 0 bridgehead atoms. The van der Waals surface area contributed by atoms with Crippen molar-refractivity contribution in [3.63, 3.8) is 0 Å². The zero-order valence-electron chi connectivity index (χ0n) is 11.3. The fraction of sp³-hybridized carbons (Fsp3) is 0.333. The van der Waals surface area contributed by atoms with Gasteiger partial charge >= 0.3 is 0 Å². The average Bonchev–Trinajstić information content (AvgIpc) is 2.39. The Morgan fingerprint density at radius 2 is 2.11 bits per heavy atom. The molecular weight excluding hydrogens is 240 g/mol. The monoisotopic (exact) mass is 258 g/mol. The summed E-state index contributed by atoms with van der Waals surface area (Å²) in [4.78, 5) is 8.57. The van der Waals surface area contributed by atoms with Crippen molar-refractivity contribution >= 4 is 0 Å². The SMILES string of the molecule is Cc1cc(C)c(CO)c(OCCc2ccccn2)n1. The lowest BCUT2D eigenvalue weighted by Crippen LogP contribution is -2.07. The molecule has 0 aliphatic heterocycles. The van der Waals surface area contributed by atoms with Gasteiger partial charge in [0.2, 0.25) is 5.88 Å². The zero-order valence-corrected chi connectivity index (χ0v) is 11.3. The molecule has 1 N–H and O–H groups in total. The Balaban J connectivity index is 2.03. The third-order valence-electron chi connectivity index (χ3n) is 2.92. The largest absolute Gasteiger partial charge is 0.477 e. The maximum Gasteiger partial charge on any atom is 0.219 e. The van der Waals surface area contributed by atoms with Crippen molar-refractivity contribution in [2.24, 2.45) is 0 Å². The highest BCUT2D eigenvalue weighted by Gasteiger charge is 2.09. The van der Waals surface area contributed by atoms with Gasteiger partial charge in [-0.1, -0.05) is 6.07 Å². The first kappa shape index (κ1) is 13.5. The van der Waals surface area contributed by atoms with Crippen LogP contribution >= 0.6 is 0 Å². The van der Waals surface area contributed by atoms with E-state index < -0.39 is 0 Å².